The number of rotatable bonds is 12. The first-order valence-corrected chi connectivity index (χ1v) is 28.8. The number of aromatic nitrogens is 2. The maximum Gasteiger partial charge on any atom is 0.206 e. The molecule has 2 heterocycles. The zero-order chi connectivity index (χ0) is 54.3. The summed E-state index contributed by atoms with van der Waals surface area (Å²) in [6.07, 6.45) is 0. The van der Waals surface area contributed by atoms with Crippen molar-refractivity contribution < 1.29 is 8.42 Å². The summed E-state index contributed by atoms with van der Waals surface area (Å²) in [5.41, 5.74) is 19.4. The summed E-state index contributed by atoms with van der Waals surface area (Å²) in [6, 6.07) is 109. The molecule has 0 fully saturated rings. The Morgan fingerprint density at radius 2 is 0.469 bits per heavy atom. The van der Waals surface area contributed by atoms with E-state index in [-0.39, 0.29) is 9.79 Å². The van der Waals surface area contributed by atoms with Gasteiger partial charge in [-0.1, -0.05) is 231 Å². The van der Waals surface area contributed by atoms with E-state index >= 15 is 0 Å². The number of hydrogen-bond donors (Lipinski definition) is 0. The van der Waals surface area contributed by atoms with Gasteiger partial charge in [-0.15, -0.1) is 0 Å². The van der Waals surface area contributed by atoms with Gasteiger partial charge in [-0.05, 0) is 152 Å². The van der Waals surface area contributed by atoms with E-state index in [9.17, 15) is 8.42 Å². The van der Waals surface area contributed by atoms with Gasteiger partial charge in [-0.3, -0.25) is 0 Å². The summed E-state index contributed by atoms with van der Waals surface area (Å²) in [6.45, 7) is 0. The SMILES string of the molecule is O=S(=O)(c1ccc(-n2c3ccccc3c3cc(C(=C(c4ccccc4)c4ccccc4)c4ccccc4)ccc32)cc1)c1ccc(-n2c3ccccc3c3cc(C(=C(c4ccccc4)c4ccccc4)c4ccccc4)ccc32)cc1. The predicted octanol–water partition coefficient (Wildman–Crippen LogP) is 18.7. The highest BCUT2D eigenvalue weighted by Gasteiger charge is 2.23. The number of para-hydroxylation sites is 2. The minimum atomic E-state index is -3.90. The molecule has 0 bridgehead atoms. The monoisotopic (exact) mass is 1060 g/mol. The van der Waals surface area contributed by atoms with Crippen LogP contribution in [0, 0.1) is 0 Å². The van der Waals surface area contributed by atoms with Crippen molar-refractivity contribution in [2.45, 2.75) is 9.79 Å². The van der Waals surface area contributed by atoms with E-state index in [4.69, 9.17) is 0 Å². The summed E-state index contributed by atoms with van der Waals surface area (Å²) in [5.74, 6) is 0. The molecule has 0 spiro atoms. The van der Waals surface area contributed by atoms with Gasteiger partial charge in [-0.25, -0.2) is 8.42 Å². The fourth-order valence-corrected chi connectivity index (χ4v) is 13.2. The van der Waals surface area contributed by atoms with Gasteiger partial charge in [0.15, 0.2) is 0 Å². The van der Waals surface area contributed by atoms with E-state index < -0.39 is 9.84 Å². The Kier molecular flexibility index (Phi) is 12.6. The Morgan fingerprint density at radius 3 is 0.765 bits per heavy atom. The topological polar surface area (TPSA) is 44.0 Å². The molecule has 5 heteroatoms. The predicted molar refractivity (Wildman–Crippen MR) is 336 cm³/mol. The third-order valence-electron chi connectivity index (χ3n) is 15.6. The van der Waals surface area contributed by atoms with E-state index in [1.165, 1.54) is 0 Å². The van der Waals surface area contributed by atoms with Crippen molar-refractivity contribution in [2.75, 3.05) is 0 Å². The first kappa shape index (κ1) is 49.0. The number of fused-ring (bicyclic) bond motifs is 6. The molecular formula is C76H52N2O2S. The quantitative estimate of drug-likeness (QED) is 0.114. The van der Waals surface area contributed by atoms with Crippen LogP contribution in [0.3, 0.4) is 0 Å². The molecule has 81 heavy (non-hydrogen) atoms. The summed E-state index contributed by atoms with van der Waals surface area (Å²) in [5, 5.41) is 4.42. The summed E-state index contributed by atoms with van der Waals surface area (Å²) < 4.78 is 33.7. The fraction of sp³-hybridized carbons (Fsp3) is 0. The molecular weight excluding hydrogens is 1000 g/mol. The lowest BCUT2D eigenvalue weighted by molar-refractivity contribution is 0.596. The summed E-state index contributed by atoms with van der Waals surface area (Å²) in [4.78, 5) is 0.456. The molecule has 0 aliphatic rings. The molecule has 14 rings (SSSR count). The van der Waals surface area contributed by atoms with Gasteiger partial charge in [0.25, 0.3) is 0 Å². The molecule has 0 saturated carbocycles. The van der Waals surface area contributed by atoms with Crippen LogP contribution in [0.25, 0.3) is 77.3 Å². The lowest BCUT2D eigenvalue weighted by Gasteiger charge is -2.18. The van der Waals surface area contributed by atoms with E-state index in [1.807, 2.05) is 24.3 Å². The maximum absolute atomic E-state index is 14.6. The smallest absolute Gasteiger partial charge is 0.206 e. The first-order chi connectivity index (χ1) is 40.0. The molecule has 0 radical (unpaired) electrons. The van der Waals surface area contributed by atoms with Crippen molar-refractivity contribution in [3.8, 4) is 11.4 Å². The van der Waals surface area contributed by atoms with Crippen LogP contribution >= 0.6 is 0 Å². The van der Waals surface area contributed by atoms with Gasteiger partial charge in [-0.2, -0.15) is 0 Å². The summed E-state index contributed by atoms with van der Waals surface area (Å²) >= 11 is 0. The molecule has 384 valence electrons. The molecule has 12 aromatic carbocycles. The van der Waals surface area contributed by atoms with Crippen LogP contribution in [-0.4, -0.2) is 17.6 Å². The number of hydrogen-bond acceptors (Lipinski definition) is 2. The Labute approximate surface area is 471 Å². The second kappa shape index (κ2) is 20.8. The molecule has 2 aromatic heterocycles. The van der Waals surface area contributed by atoms with Gasteiger partial charge in [0.2, 0.25) is 9.84 Å². The van der Waals surface area contributed by atoms with Crippen LogP contribution in [-0.2, 0) is 9.84 Å². The summed E-state index contributed by atoms with van der Waals surface area (Å²) in [7, 11) is -3.90. The highest BCUT2D eigenvalue weighted by atomic mass is 32.2. The van der Waals surface area contributed by atoms with Crippen LogP contribution in [0.5, 0.6) is 0 Å². The zero-order valence-corrected chi connectivity index (χ0v) is 45.0. The van der Waals surface area contributed by atoms with Crippen LogP contribution in [0.15, 0.2) is 325 Å². The highest BCUT2D eigenvalue weighted by Crippen LogP contribution is 2.43. The third kappa shape index (κ3) is 8.87. The van der Waals surface area contributed by atoms with E-state index in [2.05, 4.69) is 276 Å². The van der Waals surface area contributed by atoms with Crippen molar-refractivity contribution >= 4 is 75.7 Å². The largest absolute Gasteiger partial charge is 0.309 e. The lowest BCUT2D eigenvalue weighted by atomic mass is 9.85. The van der Waals surface area contributed by atoms with Gasteiger partial charge in [0.05, 0.1) is 31.9 Å². The molecule has 14 aromatic rings. The van der Waals surface area contributed by atoms with Crippen LogP contribution in [0.2, 0.25) is 0 Å². The average Bonchev–Trinajstić information content (AvgIpc) is 3.78. The van der Waals surface area contributed by atoms with Gasteiger partial charge >= 0.3 is 0 Å². The zero-order valence-electron chi connectivity index (χ0n) is 44.1. The number of nitrogens with zero attached hydrogens (tertiary/aromatic N) is 2. The Balaban J connectivity index is 0.824. The average molecular weight is 1060 g/mol. The Hall–Kier alpha value is -10.3. The van der Waals surface area contributed by atoms with Crippen LogP contribution in [0.1, 0.15) is 44.5 Å². The normalized spacial score (nSPS) is 11.6. The maximum atomic E-state index is 14.6. The minimum Gasteiger partial charge on any atom is -0.309 e. The van der Waals surface area contributed by atoms with Crippen molar-refractivity contribution in [1.29, 1.82) is 0 Å². The van der Waals surface area contributed by atoms with Crippen molar-refractivity contribution in [3.63, 3.8) is 0 Å². The number of benzene rings is 12. The number of sulfone groups is 1. The molecule has 0 aliphatic heterocycles. The van der Waals surface area contributed by atoms with Gasteiger partial charge in [0, 0.05) is 32.9 Å². The van der Waals surface area contributed by atoms with E-state index in [0.29, 0.717) is 0 Å². The second-order valence-corrected chi connectivity index (χ2v) is 22.3. The van der Waals surface area contributed by atoms with E-state index in [1.54, 1.807) is 24.3 Å². The van der Waals surface area contributed by atoms with Crippen molar-refractivity contribution in [1.82, 2.24) is 9.13 Å². The highest BCUT2D eigenvalue weighted by molar-refractivity contribution is 7.91. The Bertz CT molecular complexity index is 4410. The standard InChI is InChI=1S/C76H52N2O2S/c79-81(80,63-45-41-61(42-46-63)77-69-37-21-19-35-65(69)67-51-59(39-49-71(67)77)75(57-31-15-5-16-32-57)73(53-23-7-1-8-24-53)54-25-9-2-10-26-54)64-47-43-62(44-48-64)78-70-38-22-20-36-66(70)68-52-60(40-50-72(68)78)76(58-33-17-6-18-34-58)74(55-27-11-3-12-28-55)56-29-13-4-14-30-56/h1-52H. The molecule has 0 N–H and O–H groups in total. The van der Waals surface area contributed by atoms with Crippen molar-refractivity contribution in [3.05, 3.63) is 360 Å². The van der Waals surface area contributed by atoms with E-state index in [0.717, 1.165) is 122 Å². The Morgan fingerprint density at radius 1 is 0.222 bits per heavy atom. The van der Waals surface area contributed by atoms with Gasteiger partial charge in [0.1, 0.15) is 0 Å². The molecule has 0 saturated heterocycles. The second-order valence-electron chi connectivity index (χ2n) is 20.4. The molecule has 0 aliphatic carbocycles. The third-order valence-corrected chi connectivity index (χ3v) is 17.4. The fourth-order valence-electron chi connectivity index (χ4n) is 11.9. The molecule has 4 nitrogen and oxygen atoms in total. The molecule has 0 atom stereocenters. The van der Waals surface area contributed by atoms with Gasteiger partial charge < -0.3 is 9.13 Å². The lowest BCUT2D eigenvalue weighted by Crippen LogP contribution is -2.03. The molecule has 0 unspecified atom stereocenters. The van der Waals surface area contributed by atoms with Crippen LogP contribution in [0.4, 0.5) is 0 Å². The molecule has 0 amide bonds. The minimum absolute atomic E-state index is 0.228. The van der Waals surface area contributed by atoms with Crippen molar-refractivity contribution in [2.24, 2.45) is 0 Å². The van der Waals surface area contributed by atoms with Crippen LogP contribution < -0.4 is 0 Å². The first-order valence-electron chi connectivity index (χ1n) is 27.3.